The van der Waals surface area contributed by atoms with Crippen LogP contribution in [0.25, 0.3) is 0 Å². The molecule has 0 radical (unpaired) electrons. The van der Waals surface area contributed by atoms with Crippen molar-refractivity contribution in [2.75, 3.05) is 26.2 Å². The highest BCUT2D eigenvalue weighted by Gasteiger charge is 2.43. The lowest BCUT2D eigenvalue weighted by Gasteiger charge is -2.24. The lowest BCUT2D eigenvalue weighted by molar-refractivity contribution is -0.142. The maximum Gasteiger partial charge on any atom is 0.410 e. The molecule has 0 spiro atoms. The SMILES string of the molecule is CC(C)(C)OC(=O)N1C[C@@H](C(=O)O)[C@H](c2ccccc2)C1.CC(C)(C)OC(=O)N1C[C@H](C(=O)O)[C@@H](c2ccccc2)C1. The maximum atomic E-state index is 12.1. The van der Waals surface area contributed by atoms with Gasteiger partial charge in [0.2, 0.25) is 0 Å². The summed E-state index contributed by atoms with van der Waals surface area (Å²) < 4.78 is 10.7. The summed E-state index contributed by atoms with van der Waals surface area (Å²) in [6, 6.07) is 18.9. The van der Waals surface area contributed by atoms with E-state index in [1.165, 1.54) is 9.80 Å². The number of carbonyl (C=O) groups is 4. The number of carbonyl (C=O) groups excluding carboxylic acids is 2. The topological polar surface area (TPSA) is 134 Å². The summed E-state index contributed by atoms with van der Waals surface area (Å²) in [6.45, 7) is 11.9. The van der Waals surface area contributed by atoms with Crippen LogP contribution in [-0.2, 0) is 19.1 Å². The maximum absolute atomic E-state index is 12.1. The van der Waals surface area contributed by atoms with E-state index in [-0.39, 0.29) is 24.9 Å². The van der Waals surface area contributed by atoms with Crippen molar-refractivity contribution in [2.45, 2.75) is 64.6 Å². The van der Waals surface area contributed by atoms with Gasteiger partial charge < -0.3 is 29.5 Å². The molecule has 2 aromatic rings. The van der Waals surface area contributed by atoms with Gasteiger partial charge in [0.15, 0.2) is 0 Å². The highest BCUT2D eigenvalue weighted by atomic mass is 16.6. The molecule has 10 nitrogen and oxygen atoms in total. The van der Waals surface area contributed by atoms with Crippen molar-refractivity contribution in [1.29, 1.82) is 0 Å². The number of amides is 2. The fourth-order valence-electron chi connectivity index (χ4n) is 5.14. The molecule has 0 bridgehead atoms. The molecule has 0 saturated carbocycles. The number of ether oxygens (including phenoxy) is 2. The molecule has 0 aliphatic carbocycles. The van der Waals surface area contributed by atoms with Crippen LogP contribution in [0.2, 0.25) is 0 Å². The van der Waals surface area contributed by atoms with Crippen LogP contribution in [0.5, 0.6) is 0 Å². The summed E-state index contributed by atoms with van der Waals surface area (Å²) in [5, 5.41) is 18.8. The van der Waals surface area contributed by atoms with Crippen LogP contribution in [0.4, 0.5) is 9.59 Å². The summed E-state index contributed by atoms with van der Waals surface area (Å²) in [5.41, 5.74) is 0.716. The number of likely N-dealkylation sites (tertiary alicyclic amines) is 2. The average molecular weight is 583 g/mol. The number of carboxylic acids is 2. The van der Waals surface area contributed by atoms with E-state index in [4.69, 9.17) is 9.47 Å². The molecule has 42 heavy (non-hydrogen) atoms. The van der Waals surface area contributed by atoms with Crippen molar-refractivity contribution in [3.8, 4) is 0 Å². The van der Waals surface area contributed by atoms with Crippen molar-refractivity contribution in [3.63, 3.8) is 0 Å². The molecule has 4 atom stereocenters. The predicted molar refractivity (Wildman–Crippen MR) is 156 cm³/mol. The van der Waals surface area contributed by atoms with Gasteiger partial charge in [-0.3, -0.25) is 9.59 Å². The Morgan fingerprint density at radius 1 is 0.595 bits per heavy atom. The van der Waals surface area contributed by atoms with Crippen LogP contribution in [0.3, 0.4) is 0 Å². The van der Waals surface area contributed by atoms with Gasteiger partial charge in [-0.05, 0) is 52.7 Å². The van der Waals surface area contributed by atoms with Crippen molar-refractivity contribution in [2.24, 2.45) is 11.8 Å². The highest BCUT2D eigenvalue weighted by molar-refractivity contribution is 5.76. The Bertz CT molecular complexity index is 1140. The van der Waals surface area contributed by atoms with Crippen molar-refractivity contribution < 1.29 is 38.9 Å². The first-order valence-corrected chi connectivity index (χ1v) is 14.1. The van der Waals surface area contributed by atoms with E-state index in [1.807, 2.05) is 60.7 Å². The number of rotatable bonds is 4. The molecule has 2 N–H and O–H groups in total. The summed E-state index contributed by atoms with van der Waals surface area (Å²) in [5.74, 6) is -3.35. The van der Waals surface area contributed by atoms with Gasteiger partial charge in [0.05, 0.1) is 11.8 Å². The number of hydrogen-bond acceptors (Lipinski definition) is 6. The molecule has 0 aromatic heterocycles. The normalized spacial score (nSPS) is 22.1. The highest BCUT2D eigenvalue weighted by Crippen LogP contribution is 2.35. The zero-order chi connectivity index (χ0) is 31.2. The van der Waals surface area contributed by atoms with Crippen molar-refractivity contribution in [3.05, 3.63) is 71.8 Å². The second-order valence-electron chi connectivity index (χ2n) is 12.7. The minimum absolute atomic E-state index is 0.184. The first-order chi connectivity index (χ1) is 19.6. The van der Waals surface area contributed by atoms with Gasteiger partial charge in [-0.15, -0.1) is 0 Å². The van der Waals surface area contributed by atoms with Gasteiger partial charge in [-0.1, -0.05) is 60.7 Å². The molecule has 2 fully saturated rings. The van der Waals surface area contributed by atoms with Gasteiger partial charge in [0, 0.05) is 38.0 Å². The Kier molecular flexibility index (Phi) is 10.2. The Morgan fingerprint density at radius 3 is 1.17 bits per heavy atom. The van der Waals surface area contributed by atoms with E-state index in [0.29, 0.717) is 13.1 Å². The van der Waals surface area contributed by atoms with Crippen LogP contribution >= 0.6 is 0 Å². The molecule has 2 aliphatic rings. The second kappa shape index (κ2) is 13.3. The number of hydrogen-bond donors (Lipinski definition) is 2. The molecule has 10 heteroatoms. The quantitative estimate of drug-likeness (QED) is 0.487. The van der Waals surface area contributed by atoms with E-state index < -0.39 is 47.2 Å². The van der Waals surface area contributed by atoms with E-state index in [9.17, 15) is 29.4 Å². The fourth-order valence-corrected chi connectivity index (χ4v) is 5.14. The summed E-state index contributed by atoms with van der Waals surface area (Å²) >= 11 is 0. The average Bonchev–Trinajstić information content (AvgIpc) is 3.54. The van der Waals surface area contributed by atoms with Gasteiger partial charge in [-0.25, -0.2) is 9.59 Å². The Labute approximate surface area is 247 Å². The van der Waals surface area contributed by atoms with Gasteiger partial charge in [0.1, 0.15) is 11.2 Å². The number of carboxylic acid groups (broad SMARTS) is 2. The number of aliphatic carboxylic acids is 2. The summed E-state index contributed by atoms with van der Waals surface area (Å²) in [7, 11) is 0. The molecule has 2 aliphatic heterocycles. The van der Waals surface area contributed by atoms with Crippen molar-refractivity contribution in [1.82, 2.24) is 9.80 Å². The van der Waals surface area contributed by atoms with Gasteiger partial charge in [0.25, 0.3) is 0 Å². The van der Waals surface area contributed by atoms with Crippen LogP contribution in [0, 0.1) is 11.8 Å². The smallest absolute Gasteiger partial charge is 0.410 e. The van der Waals surface area contributed by atoms with Crippen LogP contribution in [0.1, 0.15) is 64.5 Å². The minimum atomic E-state index is -0.880. The third-order valence-electron chi connectivity index (χ3n) is 7.03. The molecule has 2 heterocycles. The summed E-state index contributed by atoms with van der Waals surface area (Å²) in [4.78, 5) is 50.1. The molecule has 4 rings (SSSR count). The van der Waals surface area contributed by atoms with E-state index in [0.717, 1.165) is 11.1 Å². The van der Waals surface area contributed by atoms with E-state index >= 15 is 0 Å². The third kappa shape index (κ3) is 8.96. The van der Waals surface area contributed by atoms with Crippen molar-refractivity contribution >= 4 is 24.1 Å². The first-order valence-electron chi connectivity index (χ1n) is 14.1. The molecule has 2 amide bonds. The summed E-state index contributed by atoms with van der Waals surface area (Å²) in [6.07, 6.45) is -0.903. The lowest BCUT2D eigenvalue weighted by atomic mass is 9.89. The Morgan fingerprint density at radius 2 is 0.905 bits per heavy atom. The largest absolute Gasteiger partial charge is 0.481 e. The molecule has 2 aromatic carbocycles. The van der Waals surface area contributed by atoms with Crippen LogP contribution in [-0.4, -0.2) is 81.5 Å². The number of nitrogens with zero attached hydrogens (tertiary/aromatic N) is 2. The third-order valence-corrected chi connectivity index (χ3v) is 7.03. The Hall–Kier alpha value is -4.08. The van der Waals surface area contributed by atoms with E-state index in [2.05, 4.69) is 0 Å². The molecular weight excluding hydrogens is 540 g/mol. The molecule has 0 unspecified atom stereocenters. The minimum Gasteiger partial charge on any atom is -0.481 e. The molecule has 2 saturated heterocycles. The van der Waals surface area contributed by atoms with Crippen LogP contribution in [0.15, 0.2) is 60.7 Å². The monoisotopic (exact) mass is 582 g/mol. The second-order valence-corrected chi connectivity index (χ2v) is 12.7. The van der Waals surface area contributed by atoms with E-state index in [1.54, 1.807) is 41.5 Å². The lowest BCUT2D eigenvalue weighted by Crippen LogP contribution is -2.35. The zero-order valence-electron chi connectivity index (χ0n) is 25.1. The number of benzene rings is 2. The Balaban J connectivity index is 0.000000230. The van der Waals surface area contributed by atoms with Gasteiger partial charge in [-0.2, -0.15) is 0 Å². The fraction of sp³-hybridized carbons (Fsp3) is 0.500. The predicted octanol–water partition coefficient (Wildman–Crippen LogP) is 5.44. The molecular formula is C32H42N2O8. The van der Waals surface area contributed by atoms with Crippen LogP contribution < -0.4 is 0 Å². The standard InChI is InChI=1S/2C16H21NO4/c2*1-16(2,3)21-15(20)17-9-12(13(10-17)14(18)19)11-7-5-4-6-8-11/h2*4-8,12-13H,9-10H2,1-3H3,(H,18,19)/t2*12-,13+/m10/s1. The zero-order valence-corrected chi connectivity index (χ0v) is 25.1. The molecule has 228 valence electrons. The first kappa shape index (κ1) is 32.4. The van der Waals surface area contributed by atoms with Gasteiger partial charge >= 0.3 is 24.1 Å².